The summed E-state index contributed by atoms with van der Waals surface area (Å²) in [4.78, 5) is 22.7. The molecule has 2 amide bonds. The minimum Gasteiger partial charge on any atom is -0.480 e. The lowest BCUT2D eigenvalue weighted by molar-refractivity contribution is -0.140. The van der Waals surface area contributed by atoms with Crippen molar-refractivity contribution in [2.45, 2.75) is 19.9 Å². The van der Waals surface area contributed by atoms with Gasteiger partial charge in [0.05, 0.1) is 11.3 Å². The third-order valence-electron chi connectivity index (χ3n) is 2.52. The molecule has 0 bridgehead atoms. The summed E-state index contributed by atoms with van der Waals surface area (Å²) >= 11 is 0. The van der Waals surface area contributed by atoms with E-state index in [0.29, 0.717) is 11.3 Å². The Hall–Kier alpha value is -2.55. The topological polar surface area (TPSA) is 102 Å². The molecule has 0 fully saturated rings. The van der Waals surface area contributed by atoms with Crippen LogP contribution in [-0.4, -0.2) is 23.1 Å². The van der Waals surface area contributed by atoms with E-state index in [0.717, 1.165) is 0 Å². The fourth-order valence-corrected chi connectivity index (χ4v) is 1.50. The Labute approximate surface area is 111 Å². The van der Waals surface area contributed by atoms with Crippen molar-refractivity contribution in [1.82, 2.24) is 5.32 Å². The van der Waals surface area contributed by atoms with Crippen LogP contribution in [0.4, 0.5) is 10.5 Å². The van der Waals surface area contributed by atoms with Gasteiger partial charge in [-0.25, -0.2) is 9.59 Å². The number of carbonyl (C=O) groups is 2. The first-order valence-corrected chi connectivity index (χ1v) is 5.75. The lowest BCUT2D eigenvalue weighted by atomic mass is 10.1. The second kappa shape index (κ2) is 6.40. The molecule has 0 unspecified atom stereocenters. The monoisotopic (exact) mass is 261 g/mol. The minimum atomic E-state index is -1.10. The number of carboxylic acid groups (broad SMARTS) is 1. The van der Waals surface area contributed by atoms with Crippen LogP contribution >= 0.6 is 0 Å². The number of amides is 2. The SMILES string of the molecule is CC(C)[C@@H](NC(=O)Nc1ccccc1C#N)C(=O)O. The minimum absolute atomic E-state index is 0.241. The third-order valence-corrected chi connectivity index (χ3v) is 2.52. The summed E-state index contributed by atoms with van der Waals surface area (Å²) in [6.45, 7) is 3.39. The highest BCUT2D eigenvalue weighted by Crippen LogP contribution is 2.13. The fourth-order valence-electron chi connectivity index (χ4n) is 1.50. The first kappa shape index (κ1) is 14.5. The van der Waals surface area contributed by atoms with Crippen molar-refractivity contribution in [3.05, 3.63) is 29.8 Å². The summed E-state index contributed by atoms with van der Waals surface area (Å²) < 4.78 is 0. The molecule has 6 nitrogen and oxygen atoms in total. The van der Waals surface area contributed by atoms with Crippen molar-refractivity contribution >= 4 is 17.7 Å². The number of urea groups is 1. The first-order valence-electron chi connectivity index (χ1n) is 5.75. The van der Waals surface area contributed by atoms with E-state index in [1.54, 1.807) is 38.1 Å². The number of rotatable bonds is 4. The van der Waals surface area contributed by atoms with Crippen LogP contribution in [0, 0.1) is 17.2 Å². The molecule has 0 radical (unpaired) electrons. The largest absolute Gasteiger partial charge is 0.480 e. The molecule has 0 aliphatic carbocycles. The quantitative estimate of drug-likeness (QED) is 0.768. The maximum Gasteiger partial charge on any atom is 0.326 e. The van der Waals surface area contributed by atoms with Crippen LogP contribution in [0.25, 0.3) is 0 Å². The van der Waals surface area contributed by atoms with E-state index in [4.69, 9.17) is 10.4 Å². The van der Waals surface area contributed by atoms with Gasteiger partial charge in [-0.05, 0) is 18.1 Å². The highest BCUT2D eigenvalue weighted by molar-refractivity contribution is 5.93. The van der Waals surface area contributed by atoms with E-state index in [2.05, 4.69) is 10.6 Å². The Morgan fingerprint density at radius 3 is 2.47 bits per heavy atom. The number of nitrogens with one attached hydrogen (secondary N) is 2. The molecule has 3 N–H and O–H groups in total. The predicted octanol–water partition coefficient (Wildman–Crippen LogP) is 1.79. The summed E-state index contributed by atoms with van der Waals surface area (Å²) in [5.74, 6) is -1.34. The molecule has 0 spiro atoms. The predicted molar refractivity (Wildman–Crippen MR) is 69.6 cm³/mol. The van der Waals surface area contributed by atoms with Crippen LogP contribution in [0.15, 0.2) is 24.3 Å². The van der Waals surface area contributed by atoms with Gasteiger partial charge < -0.3 is 15.7 Å². The summed E-state index contributed by atoms with van der Waals surface area (Å²) in [6, 6.07) is 6.80. The van der Waals surface area contributed by atoms with Gasteiger partial charge in [0.25, 0.3) is 0 Å². The van der Waals surface area contributed by atoms with E-state index >= 15 is 0 Å². The zero-order valence-corrected chi connectivity index (χ0v) is 10.7. The Kier molecular flexibility index (Phi) is 4.89. The second-order valence-electron chi connectivity index (χ2n) is 4.32. The molecule has 1 aromatic carbocycles. The normalized spacial score (nSPS) is 11.5. The summed E-state index contributed by atoms with van der Waals surface area (Å²) in [7, 11) is 0. The number of nitrogens with zero attached hydrogens (tertiary/aromatic N) is 1. The van der Waals surface area contributed by atoms with Gasteiger partial charge in [0, 0.05) is 0 Å². The molecule has 0 aliphatic heterocycles. The molecule has 100 valence electrons. The van der Waals surface area contributed by atoms with Gasteiger partial charge in [-0.1, -0.05) is 26.0 Å². The zero-order chi connectivity index (χ0) is 14.4. The lowest BCUT2D eigenvalue weighted by Gasteiger charge is -2.18. The number of carboxylic acids is 1. The number of nitriles is 1. The summed E-state index contributed by atoms with van der Waals surface area (Å²) in [5, 5.41) is 22.7. The highest BCUT2D eigenvalue weighted by Gasteiger charge is 2.23. The van der Waals surface area contributed by atoms with Gasteiger partial charge in [-0.2, -0.15) is 5.26 Å². The number of hydrogen-bond donors (Lipinski definition) is 3. The maximum absolute atomic E-state index is 11.7. The second-order valence-corrected chi connectivity index (χ2v) is 4.32. The number of aliphatic carboxylic acids is 1. The van der Waals surface area contributed by atoms with Crippen molar-refractivity contribution in [1.29, 1.82) is 5.26 Å². The highest BCUT2D eigenvalue weighted by atomic mass is 16.4. The molecular weight excluding hydrogens is 246 g/mol. The molecule has 0 aliphatic rings. The average molecular weight is 261 g/mol. The van der Waals surface area contributed by atoms with Gasteiger partial charge in [-0.15, -0.1) is 0 Å². The van der Waals surface area contributed by atoms with Crippen molar-refractivity contribution in [2.24, 2.45) is 5.92 Å². The van der Waals surface area contributed by atoms with Crippen molar-refractivity contribution in [3.8, 4) is 6.07 Å². The van der Waals surface area contributed by atoms with E-state index in [9.17, 15) is 9.59 Å². The molecule has 0 saturated carbocycles. The zero-order valence-electron chi connectivity index (χ0n) is 10.7. The van der Waals surface area contributed by atoms with Gasteiger partial charge in [0.1, 0.15) is 12.1 Å². The first-order chi connectivity index (χ1) is 8.95. The molecule has 19 heavy (non-hydrogen) atoms. The molecule has 6 heteroatoms. The number of para-hydroxylation sites is 1. The average Bonchev–Trinajstić information content (AvgIpc) is 2.36. The van der Waals surface area contributed by atoms with Crippen LogP contribution in [0.2, 0.25) is 0 Å². The van der Waals surface area contributed by atoms with Gasteiger partial charge >= 0.3 is 12.0 Å². The molecule has 0 saturated heterocycles. The molecule has 1 rings (SSSR count). The van der Waals surface area contributed by atoms with E-state index < -0.39 is 18.0 Å². The van der Waals surface area contributed by atoms with Crippen molar-refractivity contribution < 1.29 is 14.7 Å². The van der Waals surface area contributed by atoms with Crippen molar-refractivity contribution in [3.63, 3.8) is 0 Å². The fraction of sp³-hybridized carbons (Fsp3) is 0.308. The van der Waals surface area contributed by atoms with Gasteiger partial charge in [-0.3, -0.25) is 0 Å². The van der Waals surface area contributed by atoms with Gasteiger partial charge in [0.2, 0.25) is 0 Å². The Bertz CT molecular complexity index is 520. The van der Waals surface area contributed by atoms with Crippen LogP contribution < -0.4 is 10.6 Å². The molecule has 0 aromatic heterocycles. The standard InChI is InChI=1S/C13H15N3O3/c1-8(2)11(12(17)18)16-13(19)15-10-6-4-3-5-9(10)7-14/h3-6,8,11H,1-2H3,(H,17,18)(H2,15,16,19)/t11-/m1/s1. The van der Waals surface area contributed by atoms with Crippen LogP contribution in [-0.2, 0) is 4.79 Å². The van der Waals surface area contributed by atoms with Gasteiger partial charge in [0.15, 0.2) is 0 Å². The Balaban J connectivity index is 2.75. The molecular formula is C13H15N3O3. The molecule has 1 aromatic rings. The summed E-state index contributed by atoms with van der Waals surface area (Å²) in [5.41, 5.74) is 0.657. The lowest BCUT2D eigenvalue weighted by Crippen LogP contribution is -2.46. The third kappa shape index (κ3) is 4.00. The van der Waals surface area contributed by atoms with Crippen LogP contribution in [0.1, 0.15) is 19.4 Å². The van der Waals surface area contributed by atoms with Crippen LogP contribution in [0.3, 0.4) is 0 Å². The Morgan fingerprint density at radius 2 is 1.95 bits per heavy atom. The van der Waals surface area contributed by atoms with Crippen molar-refractivity contribution in [2.75, 3.05) is 5.32 Å². The van der Waals surface area contributed by atoms with E-state index in [-0.39, 0.29) is 5.92 Å². The smallest absolute Gasteiger partial charge is 0.326 e. The molecule has 1 atom stereocenters. The van der Waals surface area contributed by atoms with E-state index in [1.807, 2.05) is 6.07 Å². The number of carbonyl (C=O) groups excluding carboxylic acids is 1. The van der Waals surface area contributed by atoms with Crippen LogP contribution in [0.5, 0.6) is 0 Å². The number of anilines is 1. The Morgan fingerprint density at radius 1 is 1.32 bits per heavy atom. The maximum atomic E-state index is 11.7. The van der Waals surface area contributed by atoms with E-state index in [1.165, 1.54) is 0 Å². The number of hydrogen-bond acceptors (Lipinski definition) is 3. The molecule has 0 heterocycles. The summed E-state index contributed by atoms with van der Waals surface area (Å²) in [6.07, 6.45) is 0. The number of benzene rings is 1.